The molecule has 0 aliphatic rings. The van der Waals surface area contributed by atoms with E-state index < -0.39 is 0 Å². The molecule has 1 aromatic heterocycles. The van der Waals surface area contributed by atoms with Gasteiger partial charge in [-0.25, -0.2) is 4.98 Å². The van der Waals surface area contributed by atoms with E-state index in [1.807, 2.05) is 42.5 Å². The van der Waals surface area contributed by atoms with Crippen LogP contribution in [0.25, 0.3) is 10.2 Å². The molecule has 4 rings (SSSR count). The minimum atomic E-state index is 0.489. The zero-order valence-electron chi connectivity index (χ0n) is 16.3. The van der Waals surface area contributed by atoms with Gasteiger partial charge in [0.05, 0.1) is 23.5 Å². The molecular formula is C23H21N3O2S. The molecule has 0 bridgehead atoms. The number of para-hydroxylation sites is 1. The third-order valence-electron chi connectivity index (χ3n) is 4.37. The maximum atomic E-state index is 5.92. The number of hydrazone groups is 1. The molecule has 0 aliphatic heterocycles. The largest absolute Gasteiger partial charge is 0.493 e. The van der Waals surface area contributed by atoms with Crippen LogP contribution in [-0.4, -0.2) is 18.3 Å². The zero-order chi connectivity index (χ0) is 20.1. The van der Waals surface area contributed by atoms with E-state index in [0.717, 1.165) is 26.5 Å². The number of fused-ring (bicyclic) bond motifs is 1. The van der Waals surface area contributed by atoms with Crippen molar-refractivity contribution < 1.29 is 9.47 Å². The molecule has 0 saturated carbocycles. The van der Waals surface area contributed by atoms with Crippen molar-refractivity contribution in [3.63, 3.8) is 0 Å². The molecule has 0 spiro atoms. The van der Waals surface area contributed by atoms with Crippen molar-refractivity contribution in [3.8, 4) is 11.5 Å². The van der Waals surface area contributed by atoms with Gasteiger partial charge in [-0.1, -0.05) is 53.3 Å². The van der Waals surface area contributed by atoms with Crippen molar-refractivity contribution >= 4 is 32.9 Å². The quantitative estimate of drug-likeness (QED) is 0.321. The SMILES string of the molecule is COc1cc(/C=N\Nc2nc3ccccc3s2)ccc1OCc1ccc(C)cc1. The van der Waals surface area contributed by atoms with Gasteiger partial charge >= 0.3 is 0 Å². The van der Waals surface area contributed by atoms with Gasteiger partial charge in [-0.3, -0.25) is 5.43 Å². The zero-order valence-corrected chi connectivity index (χ0v) is 17.1. The average Bonchev–Trinajstić information content (AvgIpc) is 3.16. The Hall–Kier alpha value is -3.38. The first-order valence-corrected chi connectivity index (χ1v) is 10.0. The Kier molecular flexibility index (Phi) is 5.72. The van der Waals surface area contributed by atoms with Crippen LogP contribution in [0.4, 0.5) is 5.13 Å². The first-order valence-electron chi connectivity index (χ1n) is 9.22. The Labute approximate surface area is 173 Å². The summed E-state index contributed by atoms with van der Waals surface area (Å²) in [6.07, 6.45) is 1.73. The molecule has 0 saturated heterocycles. The molecule has 0 radical (unpaired) electrons. The fourth-order valence-corrected chi connectivity index (χ4v) is 3.63. The number of aromatic nitrogens is 1. The Morgan fingerprint density at radius 3 is 2.66 bits per heavy atom. The number of hydrogen-bond acceptors (Lipinski definition) is 6. The molecule has 29 heavy (non-hydrogen) atoms. The summed E-state index contributed by atoms with van der Waals surface area (Å²) in [6, 6.07) is 22.0. The van der Waals surface area contributed by atoms with Gasteiger partial charge < -0.3 is 9.47 Å². The van der Waals surface area contributed by atoms with E-state index >= 15 is 0 Å². The second-order valence-corrected chi connectivity index (χ2v) is 7.57. The van der Waals surface area contributed by atoms with Crippen LogP contribution in [0.1, 0.15) is 16.7 Å². The smallest absolute Gasteiger partial charge is 0.204 e. The van der Waals surface area contributed by atoms with Gasteiger partial charge in [0.15, 0.2) is 11.5 Å². The number of rotatable bonds is 7. The van der Waals surface area contributed by atoms with Gasteiger partial charge in [0, 0.05) is 0 Å². The highest BCUT2D eigenvalue weighted by atomic mass is 32.1. The van der Waals surface area contributed by atoms with Crippen LogP contribution in [0.2, 0.25) is 0 Å². The van der Waals surface area contributed by atoms with Crippen molar-refractivity contribution in [1.29, 1.82) is 0 Å². The topological polar surface area (TPSA) is 55.7 Å². The Morgan fingerprint density at radius 2 is 1.86 bits per heavy atom. The minimum absolute atomic E-state index is 0.489. The summed E-state index contributed by atoms with van der Waals surface area (Å²) in [5, 5.41) is 5.05. The van der Waals surface area contributed by atoms with E-state index in [2.05, 4.69) is 46.7 Å². The number of benzene rings is 3. The van der Waals surface area contributed by atoms with Crippen LogP contribution < -0.4 is 14.9 Å². The lowest BCUT2D eigenvalue weighted by Crippen LogP contribution is -1.98. The fourth-order valence-electron chi connectivity index (χ4n) is 2.81. The van der Waals surface area contributed by atoms with Gasteiger partial charge in [0.2, 0.25) is 5.13 Å². The summed E-state index contributed by atoms with van der Waals surface area (Å²) in [7, 11) is 1.63. The van der Waals surface area contributed by atoms with Crippen LogP contribution in [-0.2, 0) is 6.61 Å². The highest BCUT2D eigenvalue weighted by Crippen LogP contribution is 2.29. The molecule has 1 heterocycles. The monoisotopic (exact) mass is 403 g/mol. The van der Waals surface area contributed by atoms with Gasteiger partial charge in [0.1, 0.15) is 6.61 Å². The Morgan fingerprint density at radius 1 is 1.03 bits per heavy atom. The van der Waals surface area contributed by atoms with Crippen molar-refractivity contribution in [2.45, 2.75) is 13.5 Å². The number of methoxy groups -OCH3 is 1. The molecule has 1 N–H and O–H groups in total. The van der Waals surface area contributed by atoms with Gasteiger partial charge in [0.25, 0.3) is 0 Å². The van der Waals surface area contributed by atoms with Crippen molar-refractivity contribution in [1.82, 2.24) is 4.98 Å². The highest BCUT2D eigenvalue weighted by Gasteiger charge is 2.06. The van der Waals surface area contributed by atoms with E-state index in [0.29, 0.717) is 18.1 Å². The van der Waals surface area contributed by atoms with Crippen LogP contribution in [0.3, 0.4) is 0 Å². The molecule has 0 fully saturated rings. The van der Waals surface area contributed by atoms with Crippen molar-refractivity contribution in [3.05, 3.63) is 83.4 Å². The molecule has 0 unspecified atom stereocenters. The first kappa shape index (κ1) is 19.0. The van der Waals surface area contributed by atoms with Crippen LogP contribution in [0.15, 0.2) is 71.8 Å². The maximum Gasteiger partial charge on any atom is 0.204 e. The Balaban J connectivity index is 1.41. The number of nitrogens with zero attached hydrogens (tertiary/aromatic N) is 2. The van der Waals surface area contributed by atoms with Crippen molar-refractivity contribution in [2.75, 3.05) is 12.5 Å². The molecule has 0 aliphatic carbocycles. The number of nitrogens with one attached hydrogen (secondary N) is 1. The fraction of sp³-hybridized carbons (Fsp3) is 0.130. The maximum absolute atomic E-state index is 5.92. The van der Waals surface area contributed by atoms with Gasteiger partial charge in [-0.15, -0.1) is 0 Å². The number of anilines is 1. The standard InChI is InChI=1S/C23H21N3O2S/c1-16-7-9-17(10-8-16)15-28-20-12-11-18(13-21(20)27-2)14-24-26-23-25-19-5-3-4-6-22(19)29-23/h3-14H,15H2,1-2H3,(H,25,26)/b24-14-. The average molecular weight is 404 g/mol. The lowest BCUT2D eigenvalue weighted by molar-refractivity contribution is 0.284. The highest BCUT2D eigenvalue weighted by molar-refractivity contribution is 7.22. The third-order valence-corrected chi connectivity index (χ3v) is 5.31. The molecule has 146 valence electrons. The number of hydrogen-bond donors (Lipinski definition) is 1. The number of aryl methyl sites for hydroxylation is 1. The van der Waals surface area contributed by atoms with E-state index in [1.165, 1.54) is 5.56 Å². The van der Waals surface area contributed by atoms with E-state index in [9.17, 15) is 0 Å². The van der Waals surface area contributed by atoms with Crippen LogP contribution in [0.5, 0.6) is 11.5 Å². The predicted molar refractivity (Wildman–Crippen MR) is 119 cm³/mol. The molecule has 5 nitrogen and oxygen atoms in total. The molecule has 4 aromatic rings. The van der Waals surface area contributed by atoms with Gasteiger partial charge in [-0.2, -0.15) is 5.10 Å². The number of ether oxygens (including phenoxy) is 2. The van der Waals surface area contributed by atoms with Crippen LogP contribution in [0, 0.1) is 6.92 Å². The normalized spacial score (nSPS) is 11.1. The lowest BCUT2D eigenvalue weighted by Gasteiger charge is -2.11. The molecule has 6 heteroatoms. The number of thiazole rings is 1. The summed E-state index contributed by atoms with van der Waals surface area (Å²) in [5.41, 5.74) is 7.20. The minimum Gasteiger partial charge on any atom is -0.493 e. The summed E-state index contributed by atoms with van der Waals surface area (Å²) in [6.45, 7) is 2.56. The van der Waals surface area contributed by atoms with Crippen molar-refractivity contribution in [2.24, 2.45) is 5.10 Å². The first-order chi connectivity index (χ1) is 14.2. The molecule has 0 amide bonds. The second-order valence-electron chi connectivity index (χ2n) is 6.54. The molecule has 3 aromatic carbocycles. The third kappa shape index (κ3) is 4.73. The molecular weight excluding hydrogens is 382 g/mol. The van der Waals surface area contributed by atoms with E-state index in [1.54, 1.807) is 24.7 Å². The van der Waals surface area contributed by atoms with Crippen LogP contribution >= 0.6 is 11.3 Å². The lowest BCUT2D eigenvalue weighted by atomic mass is 10.2. The predicted octanol–water partition coefficient (Wildman–Crippen LogP) is 5.64. The Bertz CT molecular complexity index is 1100. The van der Waals surface area contributed by atoms with E-state index in [4.69, 9.17) is 9.47 Å². The summed E-state index contributed by atoms with van der Waals surface area (Å²) in [4.78, 5) is 4.50. The summed E-state index contributed by atoms with van der Waals surface area (Å²) < 4.78 is 12.5. The summed E-state index contributed by atoms with van der Waals surface area (Å²) >= 11 is 1.57. The second kappa shape index (κ2) is 8.75. The van der Waals surface area contributed by atoms with Gasteiger partial charge in [-0.05, 0) is 48.4 Å². The molecule has 0 atom stereocenters. The summed E-state index contributed by atoms with van der Waals surface area (Å²) in [5.74, 6) is 1.37. The van der Waals surface area contributed by atoms with E-state index in [-0.39, 0.29) is 0 Å².